The molecule has 0 saturated carbocycles. The van der Waals surface area contributed by atoms with Crippen molar-refractivity contribution >= 4 is 8.07 Å². The van der Waals surface area contributed by atoms with Crippen LogP contribution < -0.4 is 0 Å². The molecule has 0 heterocycles. The predicted octanol–water partition coefficient (Wildman–Crippen LogP) is 2.93. The van der Waals surface area contributed by atoms with Crippen molar-refractivity contribution in [1.82, 2.24) is 0 Å². The Kier molecular flexibility index (Phi) is 2.92. The molecular formula is C8H16Si. The largest absolute Gasteiger partial charge is 0.107 e. The Morgan fingerprint density at radius 1 is 1.44 bits per heavy atom. The first-order valence-corrected chi connectivity index (χ1v) is 6.39. The molecule has 0 aliphatic carbocycles. The second-order valence-electron chi connectivity index (χ2n) is 2.90. The molecule has 0 unspecified atom stereocenters. The van der Waals surface area contributed by atoms with E-state index in [-0.39, 0.29) is 0 Å². The van der Waals surface area contributed by atoms with Crippen LogP contribution in [0.2, 0.25) is 13.1 Å². The van der Waals surface area contributed by atoms with Crippen LogP contribution in [0.3, 0.4) is 0 Å². The molecule has 0 fully saturated rings. The van der Waals surface area contributed by atoms with Crippen LogP contribution in [0.1, 0.15) is 13.8 Å². The fourth-order valence-electron chi connectivity index (χ4n) is 0.533. The standard InChI is InChI=1S/C8H16Si/c1-6-8(3)9(4,5)7-2/h6-7H,2H2,1,3-5H3/b8-6+. The Labute approximate surface area is 59.3 Å². The lowest BCUT2D eigenvalue weighted by atomic mass is 10.6. The van der Waals surface area contributed by atoms with E-state index in [0.29, 0.717) is 0 Å². The molecule has 0 radical (unpaired) electrons. The van der Waals surface area contributed by atoms with E-state index < -0.39 is 8.07 Å². The zero-order chi connectivity index (χ0) is 7.49. The number of hydrogen-bond donors (Lipinski definition) is 0. The van der Waals surface area contributed by atoms with E-state index >= 15 is 0 Å². The van der Waals surface area contributed by atoms with Crippen molar-refractivity contribution in [2.45, 2.75) is 26.9 Å². The number of hydrogen-bond acceptors (Lipinski definition) is 0. The van der Waals surface area contributed by atoms with Gasteiger partial charge in [-0.25, -0.2) is 0 Å². The maximum Gasteiger partial charge on any atom is 0.0976 e. The Bertz CT molecular complexity index is 132. The van der Waals surface area contributed by atoms with Gasteiger partial charge in [0, 0.05) is 0 Å². The Hall–Kier alpha value is -0.303. The van der Waals surface area contributed by atoms with E-state index in [1.54, 1.807) is 0 Å². The molecule has 0 bridgehead atoms. The first-order valence-electron chi connectivity index (χ1n) is 3.31. The summed E-state index contributed by atoms with van der Waals surface area (Å²) in [6, 6.07) is 0. The quantitative estimate of drug-likeness (QED) is 0.517. The Balaban J connectivity index is 4.32. The monoisotopic (exact) mass is 140 g/mol. The van der Waals surface area contributed by atoms with Crippen LogP contribution in [-0.2, 0) is 0 Å². The van der Waals surface area contributed by atoms with Gasteiger partial charge in [0.05, 0.1) is 8.07 Å². The molecule has 0 saturated heterocycles. The van der Waals surface area contributed by atoms with Crippen LogP contribution in [0.5, 0.6) is 0 Å². The van der Waals surface area contributed by atoms with Crippen molar-refractivity contribution < 1.29 is 0 Å². The topological polar surface area (TPSA) is 0 Å². The van der Waals surface area contributed by atoms with Gasteiger partial charge in [0.1, 0.15) is 0 Å². The highest BCUT2D eigenvalue weighted by molar-refractivity contribution is 6.88. The first kappa shape index (κ1) is 8.70. The maximum atomic E-state index is 3.82. The first-order chi connectivity index (χ1) is 4.04. The third kappa shape index (κ3) is 2.18. The molecule has 9 heavy (non-hydrogen) atoms. The van der Waals surface area contributed by atoms with Crippen molar-refractivity contribution in [3.8, 4) is 0 Å². The van der Waals surface area contributed by atoms with Gasteiger partial charge in [-0.1, -0.05) is 30.1 Å². The van der Waals surface area contributed by atoms with E-state index in [4.69, 9.17) is 0 Å². The van der Waals surface area contributed by atoms with Crippen LogP contribution in [0, 0.1) is 0 Å². The van der Waals surface area contributed by atoms with Crippen molar-refractivity contribution in [2.75, 3.05) is 0 Å². The van der Waals surface area contributed by atoms with Gasteiger partial charge in [0.2, 0.25) is 0 Å². The van der Waals surface area contributed by atoms with E-state index in [0.717, 1.165) is 0 Å². The third-order valence-electron chi connectivity index (χ3n) is 1.96. The van der Waals surface area contributed by atoms with Gasteiger partial charge in [-0.2, -0.15) is 0 Å². The summed E-state index contributed by atoms with van der Waals surface area (Å²) in [5.74, 6) is 0. The summed E-state index contributed by atoms with van der Waals surface area (Å²) in [6.45, 7) is 12.7. The van der Waals surface area contributed by atoms with Gasteiger partial charge in [-0.3, -0.25) is 0 Å². The van der Waals surface area contributed by atoms with Gasteiger partial charge in [-0.15, -0.1) is 6.58 Å². The molecule has 0 spiro atoms. The van der Waals surface area contributed by atoms with Crippen LogP contribution in [0.15, 0.2) is 23.6 Å². The second-order valence-corrected chi connectivity index (χ2v) is 7.54. The molecule has 52 valence electrons. The fraction of sp³-hybridized carbons (Fsp3) is 0.500. The average molecular weight is 140 g/mol. The third-order valence-corrected chi connectivity index (χ3v) is 5.30. The van der Waals surface area contributed by atoms with Crippen molar-refractivity contribution in [3.63, 3.8) is 0 Å². The summed E-state index contributed by atoms with van der Waals surface area (Å²) in [7, 11) is -1.16. The van der Waals surface area contributed by atoms with E-state index in [1.807, 2.05) is 0 Å². The predicted molar refractivity (Wildman–Crippen MR) is 47.1 cm³/mol. The molecule has 0 aliphatic rings. The van der Waals surface area contributed by atoms with Gasteiger partial charge in [-0.05, 0) is 13.8 Å². The van der Waals surface area contributed by atoms with Crippen molar-refractivity contribution in [3.05, 3.63) is 23.6 Å². The smallest absolute Gasteiger partial charge is 0.0976 e. The summed E-state index contributed by atoms with van der Waals surface area (Å²) in [5.41, 5.74) is 2.11. The van der Waals surface area contributed by atoms with E-state index in [1.165, 1.54) is 5.20 Å². The zero-order valence-electron chi connectivity index (χ0n) is 6.86. The highest BCUT2D eigenvalue weighted by Crippen LogP contribution is 2.13. The van der Waals surface area contributed by atoms with Crippen molar-refractivity contribution in [1.29, 1.82) is 0 Å². The molecule has 0 aromatic carbocycles. The highest BCUT2D eigenvalue weighted by Gasteiger charge is 2.16. The molecule has 0 amide bonds. The van der Waals surface area contributed by atoms with Gasteiger partial charge < -0.3 is 0 Å². The minimum atomic E-state index is -1.16. The lowest BCUT2D eigenvalue weighted by Crippen LogP contribution is -2.24. The Morgan fingerprint density at radius 3 is 2.00 bits per heavy atom. The van der Waals surface area contributed by atoms with Crippen LogP contribution >= 0.6 is 0 Å². The molecule has 1 heteroatoms. The summed E-state index contributed by atoms with van der Waals surface area (Å²) in [4.78, 5) is 0. The molecule has 0 aromatic rings. The van der Waals surface area contributed by atoms with Crippen LogP contribution in [0.25, 0.3) is 0 Å². The molecule has 0 nitrogen and oxygen atoms in total. The summed E-state index contributed by atoms with van der Waals surface area (Å²) in [6.07, 6.45) is 2.19. The highest BCUT2D eigenvalue weighted by atomic mass is 28.3. The molecule has 0 aliphatic heterocycles. The van der Waals surface area contributed by atoms with Gasteiger partial charge >= 0.3 is 0 Å². The minimum absolute atomic E-state index is 1.16. The van der Waals surface area contributed by atoms with Gasteiger partial charge in [0.25, 0.3) is 0 Å². The SMILES string of the molecule is C=C[Si](C)(C)/C(C)=C/C. The molecular weight excluding hydrogens is 124 g/mol. The van der Waals surface area contributed by atoms with Crippen LogP contribution in [0.4, 0.5) is 0 Å². The normalized spacial score (nSPS) is 13.6. The molecule has 0 aromatic heterocycles. The fourth-order valence-corrected chi connectivity index (χ4v) is 1.60. The average Bonchev–Trinajstić information content (AvgIpc) is 1.86. The van der Waals surface area contributed by atoms with E-state index in [9.17, 15) is 0 Å². The lowest BCUT2D eigenvalue weighted by Gasteiger charge is -2.17. The number of allylic oxidation sites excluding steroid dienone is 2. The van der Waals surface area contributed by atoms with Crippen LogP contribution in [-0.4, -0.2) is 8.07 Å². The minimum Gasteiger partial charge on any atom is -0.107 e. The number of rotatable bonds is 2. The summed E-state index contributed by atoms with van der Waals surface area (Å²) >= 11 is 0. The maximum absolute atomic E-state index is 3.82. The summed E-state index contributed by atoms with van der Waals surface area (Å²) in [5, 5.41) is 1.51. The lowest BCUT2D eigenvalue weighted by molar-refractivity contribution is 1.51. The van der Waals surface area contributed by atoms with Crippen molar-refractivity contribution in [2.24, 2.45) is 0 Å². The summed E-state index contributed by atoms with van der Waals surface area (Å²) < 4.78 is 0. The molecule has 0 N–H and O–H groups in total. The molecule has 0 rings (SSSR count). The van der Waals surface area contributed by atoms with Gasteiger partial charge in [0.15, 0.2) is 0 Å². The molecule has 0 atom stereocenters. The second kappa shape index (κ2) is 3.02. The zero-order valence-corrected chi connectivity index (χ0v) is 7.86. The van der Waals surface area contributed by atoms with E-state index in [2.05, 4.69) is 45.3 Å². The Morgan fingerprint density at radius 2 is 1.89 bits per heavy atom.